The van der Waals surface area contributed by atoms with E-state index >= 15 is 0 Å². The van der Waals surface area contributed by atoms with E-state index in [9.17, 15) is 4.39 Å². The van der Waals surface area contributed by atoms with Gasteiger partial charge in [-0.15, -0.1) is 0 Å². The molecule has 0 spiro atoms. The Hall–Kier alpha value is -2.66. The molecule has 0 fully saturated rings. The van der Waals surface area contributed by atoms with Crippen LogP contribution in [-0.2, 0) is 0 Å². The molecule has 0 atom stereocenters. The third kappa shape index (κ3) is 2.99. The van der Waals surface area contributed by atoms with Crippen molar-refractivity contribution in [3.05, 3.63) is 60.4 Å². The number of hydrogen-bond acceptors (Lipinski definition) is 3. The zero-order chi connectivity index (χ0) is 15.4. The van der Waals surface area contributed by atoms with Gasteiger partial charge in [-0.25, -0.2) is 9.37 Å². The van der Waals surface area contributed by atoms with Crippen molar-refractivity contribution in [3.8, 4) is 17.1 Å². The second kappa shape index (κ2) is 6.41. The number of aromatic nitrogens is 2. The number of nitrogens with zero attached hydrogens (tertiary/aromatic N) is 1. The van der Waals surface area contributed by atoms with Gasteiger partial charge in [-0.3, -0.25) is 0 Å². The molecule has 3 rings (SSSR count). The second-order valence-electron chi connectivity index (χ2n) is 4.89. The molecule has 0 saturated carbocycles. The molecule has 112 valence electrons. The summed E-state index contributed by atoms with van der Waals surface area (Å²) in [5.41, 5.74) is 8.69. The van der Waals surface area contributed by atoms with Gasteiger partial charge in [0.15, 0.2) is 0 Å². The lowest BCUT2D eigenvalue weighted by molar-refractivity contribution is 0.347. The Morgan fingerprint density at radius 1 is 1.18 bits per heavy atom. The number of nitrogens with one attached hydrogen (secondary N) is 1. The molecule has 0 bridgehead atoms. The van der Waals surface area contributed by atoms with Crippen LogP contribution in [0.15, 0.2) is 60.4 Å². The van der Waals surface area contributed by atoms with Crippen LogP contribution in [0.3, 0.4) is 0 Å². The molecule has 0 saturated heterocycles. The lowest BCUT2D eigenvalue weighted by atomic mass is 10.2. The van der Waals surface area contributed by atoms with E-state index in [1.165, 1.54) is 0 Å². The van der Waals surface area contributed by atoms with Crippen molar-refractivity contribution in [1.82, 2.24) is 9.97 Å². The Bertz CT molecular complexity index is 760. The summed E-state index contributed by atoms with van der Waals surface area (Å²) in [4.78, 5) is 7.81. The van der Waals surface area contributed by atoms with Gasteiger partial charge in [-0.05, 0) is 36.4 Å². The molecular formula is C17H16FN3O. The fourth-order valence-electron chi connectivity index (χ4n) is 2.11. The number of ether oxygens (including phenoxy) is 1. The highest BCUT2D eigenvalue weighted by Gasteiger charge is 2.05. The summed E-state index contributed by atoms with van der Waals surface area (Å²) in [5, 5.41) is 0. The fourth-order valence-corrected chi connectivity index (χ4v) is 2.11. The van der Waals surface area contributed by atoms with Gasteiger partial charge in [0.2, 0.25) is 0 Å². The maximum atomic E-state index is 12.4. The van der Waals surface area contributed by atoms with Gasteiger partial charge >= 0.3 is 0 Å². The van der Waals surface area contributed by atoms with Crippen LogP contribution in [0.1, 0.15) is 0 Å². The Morgan fingerprint density at radius 3 is 2.64 bits per heavy atom. The van der Waals surface area contributed by atoms with E-state index in [-0.39, 0.29) is 13.2 Å². The predicted octanol–water partition coefficient (Wildman–Crippen LogP) is 3.42. The van der Waals surface area contributed by atoms with Crippen LogP contribution in [0.25, 0.3) is 22.4 Å². The molecule has 5 heteroatoms. The Labute approximate surface area is 127 Å². The van der Waals surface area contributed by atoms with Gasteiger partial charge < -0.3 is 15.5 Å². The summed E-state index contributed by atoms with van der Waals surface area (Å²) < 4.78 is 17.9. The number of aromatic amines is 1. The van der Waals surface area contributed by atoms with Crippen molar-refractivity contribution >= 4 is 11.0 Å². The van der Waals surface area contributed by atoms with Gasteiger partial charge in [-0.2, -0.15) is 0 Å². The van der Waals surface area contributed by atoms with Crippen LogP contribution >= 0.6 is 0 Å². The first kappa shape index (κ1) is 14.3. The number of halogens is 1. The van der Waals surface area contributed by atoms with Gasteiger partial charge in [-0.1, -0.05) is 12.1 Å². The second-order valence-corrected chi connectivity index (χ2v) is 4.89. The average molecular weight is 297 g/mol. The molecular weight excluding hydrogens is 281 g/mol. The summed E-state index contributed by atoms with van der Waals surface area (Å²) in [5.74, 6) is 1.46. The number of imidazole rings is 1. The number of rotatable bonds is 5. The SMILES string of the molecule is NC/C(=C\F)COc1ccc(-c2nc3ccccc3[nH]2)cc1. The van der Waals surface area contributed by atoms with E-state index in [0.717, 1.165) is 22.4 Å². The number of H-pyrrole nitrogens is 1. The highest BCUT2D eigenvalue weighted by Crippen LogP contribution is 2.22. The molecule has 22 heavy (non-hydrogen) atoms. The Balaban J connectivity index is 1.76. The van der Waals surface area contributed by atoms with Crippen LogP contribution < -0.4 is 10.5 Å². The molecule has 4 nitrogen and oxygen atoms in total. The number of benzene rings is 2. The lowest BCUT2D eigenvalue weighted by Crippen LogP contribution is -2.10. The molecule has 0 unspecified atom stereocenters. The molecule has 1 heterocycles. The third-order valence-corrected chi connectivity index (χ3v) is 3.36. The maximum Gasteiger partial charge on any atom is 0.138 e. The molecule has 0 amide bonds. The number of nitrogens with two attached hydrogens (primary N) is 1. The normalized spacial score (nSPS) is 11.8. The molecule has 1 aromatic heterocycles. The maximum absolute atomic E-state index is 12.4. The highest BCUT2D eigenvalue weighted by atomic mass is 19.1. The van der Waals surface area contributed by atoms with Crippen LogP contribution in [0, 0.1) is 0 Å². The van der Waals surface area contributed by atoms with Gasteiger partial charge in [0, 0.05) is 17.7 Å². The Morgan fingerprint density at radius 2 is 1.95 bits per heavy atom. The van der Waals surface area contributed by atoms with Gasteiger partial charge in [0.1, 0.15) is 18.2 Å². The summed E-state index contributed by atoms with van der Waals surface area (Å²) in [7, 11) is 0. The fraction of sp³-hybridized carbons (Fsp3) is 0.118. The molecule has 0 aliphatic carbocycles. The molecule has 0 aliphatic rings. The van der Waals surface area contributed by atoms with Crippen molar-refractivity contribution < 1.29 is 9.13 Å². The van der Waals surface area contributed by atoms with E-state index in [1.54, 1.807) is 0 Å². The van der Waals surface area contributed by atoms with E-state index in [1.807, 2.05) is 48.5 Å². The van der Waals surface area contributed by atoms with Crippen molar-refractivity contribution in [2.75, 3.05) is 13.2 Å². The summed E-state index contributed by atoms with van der Waals surface area (Å²) in [6, 6.07) is 15.4. The quantitative estimate of drug-likeness (QED) is 0.758. The minimum Gasteiger partial charge on any atom is -0.489 e. The molecule has 2 aromatic carbocycles. The van der Waals surface area contributed by atoms with Gasteiger partial charge in [0.25, 0.3) is 0 Å². The molecule has 0 aliphatic heterocycles. The van der Waals surface area contributed by atoms with Crippen molar-refractivity contribution in [2.24, 2.45) is 5.73 Å². The number of hydrogen-bond donors (Lipinski definition) is 2. The van der Waals surface area contributed by atoms with Crippen LogP contribution in [0.5, 0.6) is 5.75 Å². The zero-order valence-electron chi connectivity index (χ0n) is 11.9. The average Bonchev–Trinajstić information content (AvgIpc) is 3.00. The largest absolute Gasteiger partial charge is 0.489 e. The van der Waals surface area contributed by atoms with Crippen LogP contribution in [-0.4, -0.2) is 23.1 Å². The molecule has 0 radical (unpaired) electrons. The first-order valence-corrected chi connectivity index (χ1v) is 6.96. The minimum atomic E-state index is 0.146. The number of para-hydroxylation sites is 2. The number of fused-ring (bicyclic) bond motifs is 1. The van der Waals surface area contributed by atoms with E-state index < -0.39 is 0 Å². The van der Waals surface area contributed by atoms with E-state index in [0.29, 0.717) is 17.7 Å². The Kier molecular flexibility index (Phi) is 4.16. The smallest absolute Gasteiger partial charge is 0.138 e. The molecule has 3 N–H and O–H groups in total. The lowest BCUT2D eigenvalue weighted by Gasteiger charge is -2.07. The van der Waals surface area contributed by atoms with E-state index in [4.69, 9.17) is 10.5 Å². The van der Waals surface area contributed by atoms with E-state index in [2.05, 4.69) is 9.97 Å². The van der Waals surface area contributed by atoms with Crippen LogP contribution in [0.2, 0.25) is 0 Å². The summed E-state index contributed by atoms with van der Waals surface area (Å²) in [6.07, 6.45) is 0.489. The zero-order valence-corrected chi connectivity index (χ0v) is 11.9. The van der Waals surface area contributed by atoms with Crippen molar-refractivity contribution in [3.63, 3.8) is 0 Å². The minimum absolute atomic E-state index is 0.146. The van der Waals surface area contributed by atoms with Crippen molar-refractivity contribution in [1.29, 1.82) is 0 Å². The third-order valence-electron chi connectivity index (χ3n) is 3.36. The topological polar surface area (TPSA) is 63.9 Å². The highest BCUT2D eigenvalue weighted by molar-refractivity contribution is 5.79. The van der Waals surface area contributed by atoms with Gasteiger partial charge in [0.05, 0.1) is 17.4 Å². The predicted molar refractivity (Wildman–Crippen MR) is 85.3 cm³/mol. The standard InChI is InChI=1S/C17H16FN3O/c18-9-12(10-19)11-22-14-7-5-13(6-8-14)17-20-15-3-1-2-4-16(15)21-17/h1-9H,10-11,19H2,(H,20,21)/b12-9+. The van der Waals surface area contributed by atoms with Crippen molar-refractivity contribution in [2.45, 2.75) is 0 Å². The summed E-state index contributed by atoms with van der Waals surface area (Å²) >= 11 is 0. The first-order valence-electron chi connectivity index (χ1n) is 6.96. The summed E-state index contributed by atoms with van der Waals surface area (Å²) in [6.45, 7) is 0.296. The first-order chi connectivity index (χ1) is 10.8. The monoisotopic (exact) mass is 297 g/mol. The molecule has 3 aromatic rings. The van der Waals surface area contributed by atoms with Crippen LogP contribution in [0.4, 0.5) is 4.39 Å².